The molecule has 1 aromatic carbocycles. The summed E-state index contributed by atoms with van der Waals surface area (Å²) >= 11 is 0. The van der Waals surface area contributed by atoms with E-state index in [0.29, 0.717) is 11.3 Å². The average Bonchev–Trinajstić information content (AvgIpc) is 3.19. The van der Waals surface area contributed by atoms with Gasteiger partial charge in [-0.1, -0.05) is 13.8 Å². The van der Waals surface area contributed by atoms with Crippen molar-refractivity contribution in [3.05, 3.63) is 54.0 Å². The summed E-state index contributed by atoms with van der Waals surface area (Å²) in [5.41, 5.74) is 0.938. The number of nitrogens with one attached hydrogen (secondary N) is 2. The molecule has 0 radical (unpaired) electrons. The van der Waals surface area contributed by atoms with Gasteiger partial charge in [-0.15, -0.1) is 0 Å². The Morgan fingerprint density at radius 1 is 1.19 bits per heavy atom. The van der Waals surface area contributed by atoms with Gasteiger partial charge in [-0.05, 0) is 42.3 Å². The lowest BCUT2D eigenvalue weighted by atomic mass is 10.0. The molecule has 27 heavy (non-hydrogen) atoms. The van der Waals surface area contributed by atoms with E-state index < -0.39 is 30.4 Å². The monoisotopic (exact) mass is 369 g/mol. The first-order valence-electron chi connectivity index (χ1n) is 8.21. The van der Waals surface area contributed by atoms with E-state index in [-0.39, 0.29) is 11.7 Å². The Kier molecular flexibility index (Phi) is 6.72. The molecule has 140 valence electrons. The van der Waals surface area contributed by atoms with Crippen molar-refractivity contribution in [3.8, 4) is 6.07 Å². The largest absolute Gasteiger partial charge is 0.459 e. The number of anilines is 1. The van der Waals surface area contributed by atoms with Crippen LogP contribution in [0.1, 0.15) is 30.0 Å². The average molecular weight is 369 g/mol. The second kappa shape index (κ2) is 9.20. The van der Waals surface area contributed by atoms with E-state index >= 15 is 0 Å². The molecule has 1 aromatic heterocycles. The first-order valence-corrected chi connectivity index (χ1v) is 8.21. The van der Waals surface area contributed by atoms with Crippen LogP contribution in [0.4, 0.5) is 5.69 Å². The second-order valence-electron chi connectivity index (χ2n) is 6.02. The predicted octanol–water partition coefficient (Wildman–Crippen LogP) is 2.09. The highest BCUT2D eigenvalue weighted by atomic mass is 16.5. The van der Waals surface area contributed by atoms with Crippen LogP contribution in [0.25, 0.3) is 0 Å². The van der Waals surface area contributed by atoms with E-state index in [9.17, 15) is 14.4 Å². The van der Waals surface area contributed by atoms with Crippen LogP contribution in [0.15, 0.2) is 47.1 Å². The zero-order chi connectivity index (χ0) is 19.8. The van der Waals surface area contributed by atoms with Gasteiger partial charge in [-0.25, -0.2) is 4.79 Å². The fraction of sp³-hybridized carbons (Fsp3) is 0.263. The molecule has 8 heteroatoms. The summed E-state index contributed by atoms with van der Waals surface area (Å²) in [5, 5.41) is 13.8. The van der Waals surface area contributed by atoms with Gasteiger partial charge in [0, 0.05) is 5.69 Å². The maximum Gasteiger partial charge on any atom is 0.329 e. The molecule has 0 aliphatic rings. The van der Waals surface area contributed by atoms with Crippen LogP contribution >= 0.6 is 0 Å². The van der Waals surface area contributed by atoms with Gasteiger partial charge in [0.05, 0.1) is 17.9 Å². The molecule has 2 rings (SSSR count). The summed E-state index contributed by atoms with van der Waals surface area (Å²) in [7, 11) is 0. The Labute approximate surface area is 156 Å². The number of hydrogen-bond donors (Lipinski definition) is 2. The van der Waals surface area contributed by atoms with Crippen molar-refractivity contribution >= 4 is 23.5 Å². The molecule has 1 heterocycles. The van der Waals surface area contributed by atoms with Gasteiger partial charge in [0.1, 0.15) is 6.04 Å². The van der Waals surface area contributed by atoms with Crippen molar-refractivity contribution in [1.29, 1.82) is 5.26 Å². The molecule has 0 saturated heterocycles. The number of hydrogen-bond acceptors (Lipinski definition) is 6. The molecule has 0 spiro atoms. The second-order valence-corrected chi connectivity index (χ2v) is 6.02. The quantitative estimate of drug-likeness (QED) is 0.721. The number of ether oxygens (including phenoxy) is 1. The van der Waals surface area contributed by atoms with E-state index in [1.165, 1.54) is 12.3 Å². The van der Waals surface area contributed by atoms with Crippen LogP contribution in [0.3, 0.4) is 0 Å². The van der Waals surface area contributed by atoms with E-state index in [2.05, 4.69) is 10.6 Å². The third kappa shape index (κ3) is 5.71. The molecule has 0 bridgehead atoms. The van der Waals surface area contributed by atoms with Crippen molar-refractivity contribution in [1.82, 2.24) is 5.32 Å². The number of esters is 1. The first kappa shape index (κ1) is 19.7. The fourth-order valence-corrected chi connectivity index (χ4v) is 2.17. The van der Waals surface area contributed by atoms with Gasteiger partial charge in [-0.3, -0.25) is 9.59 Å². The lowest BCUT2D eigenvalue weighted by molar-refractivity contribution is -0.150. The third-order valence-corrected chi connectivity index (χ3v) is 3.60. The minimum absolute atomic E-state index is 0.0759. The van der Waals surface area contributed by atoms with Crippen molar-refractivity contribution in [2.45, 2.75) is 19.9 Å². The maximum atomic E-state index is 12.2. The summed E-state index contributed by atoms with van der Waals surface area (Å²) in [6.45, 7) is 2.98. The molecule has 0 aliphatic carbocycles. The number of rotatable bonds is 7. The van der Waals surface area contributed by atoms with Crippen LogP contribution in [-0.4, -0.2) is 30.4 Å². The number of furan rings is 1. The van der Waals surface area contributed by atoms with Crippen molar-refractivity contribution in [2.24, 2.45) is 5.92 Å². The van der Waals surface area contributed by atoms with E-state index in [0.717, 1.165) is 0 Å². The Morgan fingerprint density at radius 2 is 1.89 bits per heavy atom. The van der Waals surface area contributed by atoms with E-state index in [4.69, 9.17) is 14.4 Å². The summed E-state index contributed by atoms with van der Waals surface area (Å²) < 4.78 is 10.0. The van der Waals surface area contributed by atoms with E-state index in [1.54, 1.807) is 44.2 Å². The Hall–Kier alpha value is -3.60. The van der Waals surface area contributed by atoms with Gasteiger partial charge >= 0.3 is 5.97 Å². The standard InChI is InChI=1S/C19H19N3O5/c1-12(2)17(22-18(24)15-4-3-9-26-15)19(25)27-11-16(23)21-14-7-5-13(10-20)6-8-14/h3-9,12,17H,11H2,1-2H3,(H,21,23)(H,22,24)/t17-/m0/s1. The third-order valence-electron chi connectivity index (χ3n) is 3.60. The molecule has 0 aliphatic heterocycles. The zero-order valence-electron chi connectivity index (χ0n) is 14.9. The first-order chi connectivity index (χ1) is 12.9. The number of amides is 2. The molecular formula is C19H19N3O5. The van der Waals surface area contributed by atoms with Crippen LogP contribution in [0.5, 0.6) is 0 Å². The molecule has 0 unspecified atom stereocenters. The zero-order valence-corrected chi connectivity index (χ0v) is 14.9. The van der Waals surface area contributed by atoms with Crippen LogP contribution in [0, 0.1) is 17.2 Å². The van der Waals surface area contributed by atoms with Gasteiger partial charge < -0.3 is 19.8 Å². The molecule has 0 fully saturated rings. The lowest BCUT2D eigenvalue weighted by Gasteiger charge is -2.20. The predicted molar refractivity (Wildman–Crippen MR) is 95.5 cm³/mol. The van der Waals surface area contributed by atoms with E-state index in [1.807, 2.05) is 6.07 Å². The van der Waals surface area contributed by atoms with Crippen molar-refractivity contribution < 1.29 is 23.5 Å². The number of carbonyl (C=O) groups excluding carboxylic acids is 3. The maximum absolute atomic E-state index is 12.2. The van der Waals surface area contributed by atoms with Gasteiger partial charge in [-0.2, -0.15) is 5.26 Å². The smallest absolute Gasteiger partial charge is 0.329 e. The van der Waals surface area contributed by atoms with Gasteiger partial charge in [0.15, 0.2) is 12.4 Å². The summed E-state index contributed by atoms with van der Waals surface area (Å²) in [4.78, 5) is 36.2. The molecule has 2 aromatic rings. The molecule has 8 nitrogen and oxygen atoms in total. The highest BCUT2D eigenvalue weighted by Gasteiger charge is 2.27. The normalized spacial score (nSPS) is 11.3. The Balaban J connectivity index is 1.88. The topological polar surface area (TPSA) is 121 Å². The molecule has 2 N–H and O–H groups in total. The van der Waals surface area contributed by atoms with Crippen LogP contribution in [0.2, 0.25) is 0 Å². The van der Waals surface area contributed by atoms with Crippen molar-refractivity contribution in [3.63, 3.8) is 0 Å². The van der Waals surface area contributed by atoms with Gasteiger partial charge in [0.25, 0.3) is 11.8 Å². The molecular weight excluding hydrogens is 350 g/mol. The minimum atomic E-state index is -0.926. The SMILES string of the molecule is CC(C)[C@H](NC(=O)c1ccco1)C(=O)OCC(=O)Nc1ccc(C#N)cc1. The summed E-state index contributed by atoms with van der Waals surface area (Å²) in [6, 6.07) is 10.3. The van der Waals surface area contributed by atoms with Crippen LogP contribution < -0.4 is 10.6 Å². The number of benzene rings is 1. The Morgan fingerprint density at radius 3 is 2.44 bits per heavy atom. The minimum Gasteiger partial charge on any atom is -0.459 e. The molecule has 2 amide bonds. The van der Waals surface area contributed by atoms with Crippen LogP contribution in [-0.2, 0) is 14.3 Å². The summed E-state index contributed by atoms with van der Waals surface area (Å²) in [5.74, 6) is -1.98. The molecule has 0 saturated carbocycles. The number of carbonyl (C=O) groups is 3. The number of nitriles is 1. The molecule has 1 atom stereocenters. The lowest BCUT2D eigenvalue weighted by Crippen LogP contribution is -2.45. The summed E-state index contributed by atoms with van der Waals surface area (Å²) in [6.07, 6.45) is 1.35. The Bertz CT molecular complexity index is 835. The van der Waals surface area contributed by atoms with Crippen molar-refractivity contribution in [2.75, 3.05) is 11.9 Å². The number of nitrogens with zero attached hydrogens (tertiary/aromatic N) is 1. The highest BCUT2D eigenvalue weighted by molar-refractivity contribution is 5.96. The highest BCUT2D eigenvalue weighted by Crippen LogP contribution is 2.10. The fourth-order valence-electron chi connectivity index (χ4n) is 2.17. The van der Waals surface area contributed by atoms with Gasteiger partial charge in [0.2, 0.25) is 0 Å².